The molecule has 0 radical (unpaired) electrons. The molecule has 0 N–H and O–H groups in total. The number of halogens is 1. The van der Waals surface area contributed by atoms with Crippen molar-refractivity contribution in [3.05, 3.63) is 34.3 Å². The molecule has 96 valence electrons. The van der Waals surface area contributed by atoms with Gasteiger partial charge in [0.25, 0.3) is 0 Å². The molecule has 0 unspecified atom stereocenters. The largest absolute Gasteiger partial charge is 0.383 e. The molecular formula is C11H13BrN4O2. The van der Waals surface area contributed by atoms with E-state index in [1.165, 1.54) is 0 Å². The zero-order valence-electron chi connectivity index (χ0n) is 10.1. The van der Waals surface area contributed by atoms with Crippen molar-refractivity contribution in [2.24, 2.45) is 7.05 Å². The van der Waals surface area contributed by atoms with Gasteiger partial charge in [0, 0.05) is 20.4 Å². The van der Waals surface area contributed by atoms with Gasteiger partial charge in [-0.25, -0.2) is 0 Å². The van der Waals surface area contributed by atoms with Gasteiger partial charge in [0.15, 0.2) is 0 Å². The summed E-state index contributed by atoms with van der Waals surface area (Å²) in [5.41, 5.74) is 1.05. The highest BCUT2D eigenvalue weighted by atomic mass is 79.9. The van der Waals surface area contributed by atoms with Gasteiger partial charge in [-0.15, -0.1) is 0 Å². The fraction of sp³-hybridized carbons (Fsp3) is 0.364. The van der Waals surface area contributed by atoms with E-state index >= 15 is 0 Å². The Hall–Kier alpha value is -1.47. The van der Waals surface area contributed by atoms with Crippen molar-refractivity contribution in [1.29, 1.82) is 0 Å². The van der Waals surface area contributed by atoms with E-state index in [-0.39, 0.29) is 5.78 Å². The zero-order chi connectivity index (χ0) is 13.1. The molecule has 0 saturated heterocycles. The Bertz CT molecular complexity index is 561. The number of carbonyl (C=O) groups is 1. The van der Waals surface area contributed by atoms with Crippen LogP contribution >= 0.6 is 15.9 Å². The predicted octanol–water partition coefficient (Wildman–Crippen LogP) is 1.26. The minimum atomic E-state index is -0.108. The minimum absolute atomic E-state index is 0.108. The number of hydrogen-bond acceptors (Lipinski definition) is 4. The van der Waals surface area contributed by atoms with Gasteiger partial charge in [-0.1, -0.05) is 0 Å². The number of nitrogens with zero attached hydrogens (tertiary/aromatic N) is 4. The van der Waals surface area contributed by atoms with Crippen LogP contribution in [0.3, 0.4) is 0 Å². The number of hydrogen-bond donors (Lipinski definition) is 0. The summed E-state index contributed by atoms with van der Waals surface area (Å²) in [6, 6.07) is 0. The number of carbonyl (C=O) groups excluding carboxylic acids is 1. The van der Waals surface area contributed by atoms with Crippen LogP contribution < -0.4 is 0 Å². The molecule has 2 aromatic rings. The first-order valence-corrected chi connectivity index (χ1v) is 6.16. The summed E-state index contributed by atoms with van der Waals surface area (Å²) >= 11 is 3.34. The van der Waals surface area contributed by atoms with Crippen molar-refractivity contribution in [1.82, 2.24) is 19.6 Å². The number of ether oxygens (including phenoxy) is 1. The number of aryl methyl sites for hydroxylation is 1. The number of methoxy groups -OCH3 is 1. The van der Waals surface area contributed by atoms with Crippen molar-refractivity contribution in [2.45, 2.75) is 6.54 Å². The third-order valence-electron chi connectivity index (χ3n) is 2.48. The third kappa shape index (κ3) is 2.51. The Labute approximate surface area is 113 Å². The lowest BCUT2D eigenvalue weighted by Gasteiger charge is -2.05. The maximum absolute atomic E-state index is 12.3. The highest BCUT2D eigenvalue weighted by molar-refractivity contribution is 9.10. The van der Waals surface area contributed by atoms with E-state index in [2.05, 4.69) is 26.1 Å². The molecule has 2 rings (SSSR count). The molecule has 0 aliphatic carbocycles. The van der Waals surface area contributed by atoms with Crippen molar-refractivity contribution >= 4 is 21.7 Å². The first-order chi connectivity index (χ1) is 8.63. The Morgan fingerprint density at radius 2 is 2.22 bits per heavy atom. The molecule has 7 heteroatoms. The summed E-state index contributed by atoms with van der Waals surface area (Å²) in [7, 11) is 3.38. The van der Waals surface area contributed by atoms with E-state index in [0.717, 1.165) is 0 Å². The normalized spacial score (nSPS) is 10.8. The van der Waals surface area contributed by atoms with Crippen molar-refractivity contribution in [3.8, 4) is 0 Å². The van der Waals surface area contributed by atoms with E-state index < -0.39 is 0 Å². The summed E-state index contributed by atoms with van der Waals surface area (Å²) in [5.74, 6) is -0.108. The summed E-state index contributed by atoms with van der Waals surface area (Å²) in [6.07, 6.45) is 4.84. The van der Waals surface area contributed by atoms with E-state index in [1.54, 1.807) is 42.1 Å². The second-order valence-corrected chi connectivity index (χ2v) is 4.64. The smallest absolute Gasteiger partial charge is 0.215 e. The molecule has 0 spiro atoms. The summed E-state index contributed by atoms with van der Waals surface area (Å²) in [6.45, 7) is 1.03. The summed E-state index contributed by atoms with van der Waals surface area (Å²) < 4.78 is 8.89. The molecule has 0 aliphatic rings. The topological polar surface area (TPSA) is 61.9 Å². The first kappa shape index (κ1) is 13.0. The maximum Gasteiger partial charge on any atom is 0.215 e. The molecule has 0 aliphatic heterocycles. The van der Waals surface area contributed by atoms with E-state index in [1.807, 2.05) is 0 Å². The number of aromatic nitrogens is 4. The van der Waals surface area contributed by atoms with Crippen LogP contribution in [0.25, 0.3) is 0 Å². The van der Waals surface area contributed by atoms with E-state index in [9.17, 15) is 4.79 Å². The molecule has 6 nitrogen and oxygen atoms in total. The second kappa shape index (κ2) is 5.45. The van der Waals surface area contributed by atoms with Gasteiger partial charge >= 0.3 is 0 Å². The molecule has 0 saturated carbocycles. The number of ketones is 1. The van der Waals surface area contributed by atoms with Gasteiger partial charge in [-0.3, -0.25) is 14.2 Å². The third-order valence-corrected chi connectivity index (χ3v) is 3.06. The molecule has 0 aromatic carbocycles. The first-order valence-electron chi connectivity index (χ1n) is 5.37. The zero-order valence-corrected chi connectivity index (χ0v) is 11.7. The monoisotopic (exact) mass is 312 g/mol. The molecule has 18 heavy (non-hydrogen) atoms. The maximum atomic E-state index is 12.3. The summed E-state index contributed by atoms with van der Waals surface area (Å²) in [4.78, 5) is 12.3. The molecule has 0 amide bonds. The van der Waals surface area contributed by atoms with Crippen LogP contribution in [0.2, 0.25) is 0 Å². The van der Waals surface area contributed by atoms with E-state index in [4.69, 9.17) is 4.74 Å². The van der Waals surface area contributed by atoms with E-state index in [0.29, 0.717) is 28.9 Å². The quantitative estimate of drug-likeness (QED) is 0.780. The highest BCUT2D eigenvalue weighted by Crippen LogP contribution is 2.19. The minimum Gasteiger partial charge on any atom is -0.383 e. The lowest BCUT2D eigenvalue weighted by atomic mass is 10.2. The van der Waals surface area contributed by atoms with Crippen LogP contribution in [0, 0.1) is 0 Å². The SMILES string of the molecule is COCCn1ncc(Br)c1C(=O)c1cnn(C)c1. The fourth-order valence-corrected chi connectivity index (χ4v) is 2.09. The van der Waals surface area contributed by atoms with Crippen LogP contribution in [0.1, 0.15) is 16.1 Å². The van der Waals surface area contributed by atoms with Gasteiger partial charge in [0.05, 0.1) is 35.6 Å². The van der Waals surface area contributed by atoms with Crippen LogP contribution in [0.5, 0.6) is 0 Å². The van der Waals surface area contributed by atoms with Gasteiger partial charge in [-0.2, -0.15) is 10.2 Å². The standard InChI is InChI=1S/C11H13BrN4O2/c1-15-7-8(5-13-15)11(17)10-9(12)6-14-16(10)3-4-18-2/h5-7H,3-4H2,1-2H3. The lowest BCUT2D eigenvalue weighted by molar-refractivity contribution is 0.102. The molecule has 0 bridgehead atoms. The Kier molecular flexibility index (Phi) is 3.93. The molecule has 0 fully saturated rings. The van der Waals surface area contributed by atoms with Crippen LogP contribution in [0.15, 0.2) is 23.1 Å². The predicted molar refractivity (Wildman–Crippen MR) is 68.4 cm³/mol. The molecular weight excluding hydrogens is 300 g/mol. The fourth-order valence-electron chi connectivity index (χ4n) is 1.61. The van der Waals surface area contributed by atoms with Gasteiger partial charge in [-0.05, 0) is 15.9 Å². The van der Waals surface area contributed by atoms with Crippen molar-refractivity contribution in [2.75, 3.05) is 13.7 Å². The highest BCUT2D eigenvalue weighted by Gasteiger charge is 2.19. The number of rotatable bonds is 5. The van der Waals surface area contributed by atoms with Gasteiger partial charge in [0.2, 0.25) is 5.78 Å². The van der Waals surface area contributed by atoms with Crippen molar-refractivity contribution in [3.63, 3.8) is 0 Å². The molecule has 2 aromatic heterocycles. The van der Waals surface area contributed by atoms with Crippen LogP contribution in [-0.2, 0) is 18.3 Å². The molecule has 2 heterocycles. The summed E-state index contributed by atoms with van der Waals surface area (Å²) in [5, 5.41) is 8.14. The lowest BCUT2D eigenvalue weighted by Crippen LogP contribution is -2.14. The Balaban J connectivity index is 2.32. The van der Waals surface area contributed by atoms with Crippen LogP contribution in [-0.4, -0.2) is 39.1 Å². The van der Waals surface area contributed by atoms with Crippen molar-refractivity contribution < 1.29 is 9.53 Å². The second-order valence-electron chi connectivity index (χ2n) is 3.79. The molecule has 0 atom stereocenters. The Morgan fingerprint density at radius 3 is 2.83 bits per heavy atom. The average Bonchev–Trinajstić information content (AvgIpc) is 2.92. The van der Waals surface area contributed by atoms with Crippen LogP contribution in [0.4, 0.5) is 0 Å². The van der Waals surface area contributed by atoms with Gasteiger partial charge in [0.1, 0.15) is 5.69 Å². The average molecular weight is 313 g/mol. The van der Waals surface area contributed by atoms with Gasteiger partial charge < -0.3 is 4.74 Å². The Morgan fingerprint density at radius 1 is 1.44 bits per heavy atom.